The van der Waals surface area contributed by atoms with Crippen LogP contribution in [0.5, 0.6) is 11.5 Å². The molecule has 0 radical (unpaired) electrons. The van der Waals surface area contributed by atoms with Gasteiger partial charge < -0.3 is 20.1 Å². The van der Waals surface area contributed by atoms with Crippen LogP contribution in [-0.2, 0) is 4.79 Å². The summed E-state index contributed by atoms with van der Waals surface area (Å²) in [5.74, 6) is -0.274. The number of anilines is 1. The number of nitrogens with one attached hydrogen (secondary N) is 2. The number of carbonyl (C=O) groups excluding carboxylic acids is 3. The zero-order valence-corrected chi connectivity index (χ0v) is 24.1. The lowest BCUT2D eigenvalue weighted by Gasteiger charge is -2.12. The number of carbonyl (C=O) groups is 3. The molecule has 0 heterocycles. The average molecular weight is 598 g/mol. The van der Waals surface area contributed by atoms with Crippen molar-refractivity contribution in [1.82, 2.24) is 5.32 Å². The highest BCUT2D eigenvalue weighted by Gasteiger charge is 2.19. The van der Waals surface area contributed by atoms with Gasteiger partial charge in [0.25, 0.3) is 17.5 Å². The second-order valence-electron chi connectivity index (χ2n) is 8.96. The van der Waals surface area contributed by atoms with Crippen LogP contribution < -0.4 is 20.1 Å². The number of ketones is 1. The van der Waals surface area contributed by atoms with E-state index in [-0.39, 0.29) is 28.5 Å². The van der Waals surface area contributed by atoms with Crippen LogP contribution in [0.1, 0.15) is 26.3 Å². The zero-order valence-electron chi connectivity index (χ0n) is 23.2. The van der Waals surface area contributed by atoms with Crippen molar-refractivity contribution < 1.29 is 28.8 Å². The third kappa shape index (κ3) is 8.08. The summed E-state index contributed by atoms with van der Waals surface area (Å²) in [5, 5.41) is 16.9. The Morgan fingerprint density at radius 3 is 2.28 bits per heavy atom. The summed E-state index contributed by atoms with van der Waals surface area (Å²) in [7, 11) is 3.01. The number of nitrogens with zero attached hydrogens (tertiary/aromatic N) is 1. The summed E-state index contributed by atoms with van der Waals surface area (Å²) < 4.78 is 10.5. The van der Waals surface area contributed by atoms with Crippen molar-refractivity contribution in [1.29, 1.82) is 0 Å². The van der Waals surface area contributed by atoms with E-state index in [1.54, 1.807) is 78.9 Å². The molecule has 0 atom stereocenters. The molecule has 43 heavy (non-hydrogen) atoms. The van der Waals surface area contributed by atoms with Crippen molar-refractivity contribution in [2.45, 2.75) is 4.90 Å². The number of methoxy groups -OCH3 is 2. The molecule has 0 aliphatic carbocycles. The lowest BCUT2D eigenvalue weighted by atomic mass is 10.1. The second kappa shape index (κ2) is 14.5. The van der Waals surface area contributed by atoms with Gasteiger partial charge in [0.2, 0.25) is 0 Å². The van der Waals surface area contributed by atoms with Crippen LogP contribution in [0.2, 0.25) is 0 Å². The topological polar surface area (TPSA) is 137 Å². The van der Waals surface area contributed by atoms with Crippen LogP contribution in [0.15, 0.2) is 108 Å². The average Bonchev–Trinajstić information content (AvgIpc) is 3.03. The molecular weight excluding hydrogens is 570 g/mol. The van der Waals surface area contributed by atoms with E-state index in [0.717, 1.165) is 0 Å². The predicted octanol–water partition coefficient (Wildman–Crippen LogP) is 6.00. The van der Waals surface area contributed by atoms with Crippen LogP contribution in [-0.4, -0.2) is 42.5 Å². The van der Waals surface area contributed by atoms with Gasteiger partial charge in [-0.05, 0) is 60.7 Å². The molecule has 4 rings (SSSR count). The maximum Gasteiger partial charge on any atom is 0.276 e. The van der Waals surface area contributed by atoms with E-state index in [9.17, 15) is 24.5 Å². The molecular formula is C32H27N3O7S. The second-order valence-corrected chi connectivity index (χ2v) is 10.0. The van der Waals surface area contributed by atoms with Crippen molar-refractivity contribution >= 4 is 46.8 Å². The number of ether oxygens (including phenoxy) is 2. The first-order valence-corrected chi connectivity index (χ1v) is 13.9. The fourth-order valence-corrected chi connectivity index (χ4v) is 4.83. The molecule has 2 N–H and O–H groups in total. The van der Waals surface area contributed by atoms with E-state index < -0.39 is 16.7 Å². The van der Waals surface area contributed by atoms with Gasteiger partial charge in [0.05, 0.1) is 30.5 Å². The molecule has 0 fully saturated rings. The Kier molecular flexibility index (Phi) is 10.3. The smallest absolute Gasteiger partial charge is 0.276 e. The monoisotopic (exact) mass is 597 g/mol. The van der Waals surface area contributed by atoms with E-state index in [4.69, 9.17) is 9.47 Å². The van der Waals surface area contributed by atoms with Crippen molar-refractivity contribution in [3.05, 3.63) is 130 Å². The molecule has 0 unspecified atom stereocenters. The Morgan fingerprint density at radius 1 is 0.837 bits per heavy atom. The number of benzene rings is 4. The quantitative estimate of drug-likeness (QED) is 0.0667. The summed E-state index contributed by atoms with van der Waals surface area (Å²) in [6.07, 6.45) is 1.26. The molecule has 0 aromatic heterocycles. The standard InChI is InChI=1S/C32H27N3O7S/c1-41-29-16-15-23(18-30(29)42-2)28(36)20-43-25-13-8-12-24(19-25)33-32(38)26(34-31(37)21-9-4-3-5-10-21)17-22-11-6-7-14-27(22)35(39)40/h3-19H,20H2,1-2H3,(H,33,38)(H,34,37)/b26-17-. The van der Waals surface area contributed by atoms with Gasteiger partial charge in [-0.2, -0.15) is 0 Å². The number of hydrogen-bond donors (Lipinski definition) is 2. The third-order valence-electron chi connectivity index (χ3n) is 6.13. The molecule has 0 spiro atoms. The number of para-hydroxylation sites is 1. The Balaban J connectivity index is 1.52. The molecule has 0 saturated heterocycles. The molecule has 0 bridgehead atoms. The maximum absolute atomic E-state index is 13.4. The van der Waals surface area contributed by atoms with Crippen molar-refractivity contribution in [3.8, 4) is 11.5 Å². The molecule has 218 valence electrons. The van der Waals surface area contributed by atoms with Crippen molar-refractivity contribution in [3.63, 3.8) is 0 Å². The maximum atomic E-state index is 13.4. The Morgan fingerprint density at radius 2 is 1.56 bits per heavy atom. The number of rotatable bonds is 12. The van der Waals surface area contributed by atoms with Gasteiger partial charge in [0.15, 0.2) is 17.3 Å². The summed E-state index contributed by atoms with van der Waals surface area (Å²) in [5.41, 5.74) is 0.902. The zero-order chi connectivity index (χ0) is 30.8. The van der Waals surface area contributed by atoms with Gasteiger partial charge in [0, 0.05) is 27.8 Å². The molecule has 0 saturated carbocycles. The van der Waals surface area contributed by atoms with E-state index in [2.05, 4.69) is 10.6 Å². The van der Waals surface area contributed by atoms with Crippen LogP contribution in [0.25, 0.3) is 6.08 Å². The summed E-state index contributed by atoms with van der Waals surface area (Å²) >= 11 is 1.28. The van der Waals surface area contributed by atoms with E-state index in [1.807, 2.05) is 0 Å². The molecule has 0 aliphatic heterocycles. The molecule has 0 aliphatic rings. The minimum atomic E-state index is -0.689. The van der Waals surface area contributed by atoms with Crippen molar-refractivity contribution in [2.24, 2.45) is 0 Å². The van der Waals surface area contributed by atoms with Gasteiger partial charge in [0.1, 0.15) is 5.70 Å². The SMILES string of the molecule is COc1ccc(C(=O)CSc2cccc(NC(=O)/C(=C/c3ccccc3[N+](=O)[O-])NC(=O)c3ccccc3)c2)cc1OC. The van der Waals surface area contributed by atoms with E-state index in [0.29, 0.717) is 33.2 Å². The lowest BCUT2D eigenvalue weighted by Crippen LogP contribution is -2.30. The molecule has 2 amide bonds. The first kappa shape index (κ1) is 30.5. The highest BCUT2D eigenvalue weighted by Crippen LogP contribution is 2.29. The Bertz CT molecular complexity index is 1690. The number of amides is 2. The highest BCUT2D eigenvalue weighted by atomic mass is 32.2. The highest BCUT2D eigenvalue weighted by molar-refractivity contribution is 8.00. The normalized spacial score (nSPS) is 10.9. The fourth-order valence-electron chi connectivity index (χ4n) is 3.98. The van der Waals surface area contributed by atoms with Gasteiger partial charge in [-0.15, -0.1) is 11.8 Å². The van der Waals surface area contributed by atoms with Gasteiger partial charge in [-0.3, -0.25) is 24.5 Å². The molecule has 4 aromatic carbocycles. The minimum Gasteiger partial charge on any atom is -0.493 e. The summed E-state index contributed by atoms with van der Waals surface area (Å²) in [4.78, 5) is 50.8. The van der Waals surface area contributed by atoms with Crippen LogP contribution in [0.3, 0.4) is 0 Å². The molecule has 11 heteroatoms. The van der Waals surface area contributed by atoms with E-state index >= 15 is 0 Å². The first-order chi connectivity index (χ1) is 20.8. The largest absolute Gasteiger partial charge is 0.493 e. The predicted molar refractivity (Wildman–Crippen MR) is 165 cm³/mol. The Labute approximate surface area is 251 Å². The molecule has 10 nitrogen and oxygen atoms in total. The van der Waals surface area contributed by atoms with Gasteiger partial charge in [-0.1, -0.05) is 36.4 Å². The number of Topliss-reactive ketones (excluding diaryl/α,β-unsaturated/α-hetero) is 1. The van der Waals surface area contributed by atoms with Gasteiger partial charge >= 0.3 is 0 Å². The summed E-state index contributed by atoms with van der Waals surface area (Å²) in [6, 6.07) is 26.0. The van der Waals surface area contributed by atoms with Crippen LogP contribution in [0.4, 0.5) is 11.4 Å². The number of hydrogen-bond acceptors (Lipinski definition) is 8. The summed E-state index contributed by atoms with van der Waals surface area (Å²) in [6.45, 7) is 0. The first-order valence-electron chi connectivity index (χ1n) is 12.9. The Hall–Kier alpha value is -5.42. The van der Waals surface area contributed by atoms with Crippen molar-refractivity contribution in [2.75, 3.05) is 25.3 Å². The number of nitro benzene ring substituents is 1. The minimum absolute atomic E-state index is 0.126. The number of nitro groups is 1. The molecule has 4 aromatic rings. The lowest BCUT2D eigenvalue weighted by molar-refractivity contribution is -0.385. The third-order valence-corrected chi connectivity index (χ3v) is 7.12. The number of thioether (sulfide) groups is 1. The van der Waals surface area contributed by atoms with E-state index in [1.165, 1.54) is 50.3 Å². The fraction of sp³-hybridized carbons (Fsp3) is 0.0938. The van der Waals surface area contributed by atoms with Gasteiger partial charge in [-0.25, -0.2) is 0 Å². The van der Waals surface area contributed by atoms with Crippen LogP contribution >= 0.6 is 11.8 Å². The van der Waals surface area contributed by atoms with Crippen LogP contribution in [0, 0.1) is 10.1 Å².